The fraction of sp³-hybridized carbons (Fsp3) is 0.533. The number of hydrogen-bond donors (Lipinski definition) is 1. The maximum Gasteiger partial charge on any atom is 0.410 e. The highest BCUT2D eigenvalue weighted by Crippen LogP contribution is 2.19. The van der Waals surface area contributed by atoms with Gasteiger partial charge in [0.2, 0.25) is 0 Å². The molecule has 1 aromatic carbocycles. The number of benzene rings is 1. The van der Waals surface area contributed by atoms with Gasteiger partial charge in [-0.1, -0.05) is 23.7 Å². The third-order valence-corrected chi connectivity index (χ3v) is 3.03. The molecule has 4 nitrogen and oxygen atoms in total. The van der Waals surface area contributed by atoms with Crippen LogP contribution < -0.4 is 0 Å². The summed E-state index contributed by atoms with van der Waals surface area (Å²) in [5.41, 5.74) is 0.684. The molecule has 0 radical (unpaired) electrons. The second-order valence-electron chi connectivity index (χ2n) is 5.67. The average Bonchev–Trinajstić information content (AvgIpc) is 2.38. The molecule has 1 aromatic rings. The number of carbonyl (C=O) groups is 1. The predicted molar refractivity (Wildman–Crippen MR) is 80.0 cm³/mol. The van der Waals surface area contributed by atoms with Gasteiger partial charge in [-0.05, 0) is 38.0 Å². The van der Waals surface area contributed by atoms with Crippen molar-refractivity contribution in [3.63, 3.8) is 0 Å². The first kappa shape index (κ1) is 17.7. The number of nitrogens with zero attached hydrogens (tertiary/aromatic N) is 1. The van der Waals surface area contributed by atoms with Crippen molar-refractivity contribution in [3.05, 3.63) is 34.3 Å². The highest BCUT2D eigenvalue weighted by Gasteiger charge is 2.22. The van der Waals surface area contributed by atoms with E-state index in [0.717, 1.165) is 5.56 Å². The summed E-state index contributed by atoms with van der Waals surface area (Å²) in [6.45, 7) is 4.57. The average molecular weight is 318 g/mol. The number of aliphatic hydroxyl groups is 1. The van der Waals surface area contributed by atoms with Gasteiger partial charge in [0.05, 0.1) is 13.2 Å². The first-order valence-corrected chi connectivity index (χ1v) is 7.06. The number of ether oxygens (including phenoxy) is 1. The lowest BCUT2D eigenvalue weighted by Gasteiger charge is -2.27. The van der Waals surface area contributed by atoms with E-state index in [2.05, 4.69) is 0 Å². The van der Waals surface area contributed by atoms with Gasteiger partial charge in [0.15, 0.2) is 0 Å². The van der Waals surface area contributed by atoms with Crippen LogP contribution >= 0.6 is 11.6 Å². The first-order valence-electron chi connectivity index (χ1n) is 6.69. The fourth-order valence-electron chi connectivity index (χ4n) is 1.73. The molecule has 1 N–H and O–H groups in total. The van der Waals surface area contributed by atoms with E-state index in [-0.39, 0.29) is 19.7 Å². The van der Waals surface area contributed by atoms with Crippen LogP contribution in [0.4, 0.5) is 9.18 Å². The number of alkyl halides is 1. The largest absolute Gasteiger partial charge is 0.444 e. The third kappa shape index (κ3) is 5.89. The highest BCUT2D eigenvalue weighted by molar-refractivity contribution is 6.31. The van der Waals surface area contributed by atoms with E-state index in [1.807, 2.05) is 0 Å². The second-order valence-corrected chi connectivity index (χ2v) is 6.08. The van der Waals surface area contributed by atoms with E-state index in [0.29, 0.717) is 10.6 Å². The molecule has 0 aliphatic heterocycles. The van der Waals surface area contributed by atoms with Crippen LogP contribution in [0.1, 0.15) is 31.9 Å². The summed E-state index contributed by atoms with van der Waals surface area (Å²) in [5, 5.41) is 9.65. The molecule has 118 valence electrons. The molecule has 21 heavy (non-hydrogen) atoms. The van der Waals surface area contributed by atoms with Crippen molar-refractivity contribution in [3.8, 4) is 0 Å². The summed E-state index contributed by atoms with van der Waals surface area (Å²) in [5.74, 6) is 0. The SMILES string of the molecule is CC(C)(C)OC(=O)N(CCF)Cc1ccc(Cl)c(CO)c1. The maximum atomic E-state index is 12.6. The molecular weight excluding hydrogens is 297 g/mol. The van der Waals surface area contributed by atoms with Gasteiger partial charge in [0.25, 0.3) is 0 Å². The summed E-state index contributed by atoms with van der Waals surface area (Å²) < 4.78 is 17.9. The molecule has 0 aromatic heterocycles. The van der Waals surface area contributed by atoms with Gasteiger partial charge in [-0.3, -0.25) is 0 Å². The highest BCUT2D eigenvalue weighted by atomic mass is 35.5. The maximum absolute atomic E-state index is 12.6. The minimum absolute atomic E-state index is 0.0496. The van der Waals surface area contributed by atoms with Crippen molar-refractivity contribution in [2.75, 3.05) is 13.2 Å². The molecule has 0 saturated carbocycles. The Balaban J connectivity index is 2.85. The van der Waals surface area contributed by atoms with E-state index >= 15 is 0 Å². The van der Waals surface area contributed by atoms with E-state index < -0.39 is 18.4 Å². The number of rotatable bonds is 5. The molecule has 0 unspecified atom stereocenters. The zero-order chi connectivity index (χ0) is 16.0. The van der Waals surface area contributed by atoms with Gasteiger partial charge in [0.1, 0.15) is 12.3 Å². The molecule has 1 amide bonds. The van der Waals surface area contributed by atoms with Crippen molar-refractivity contribution in [2.45, 2.75) is 39.5 Å². The summed E-state index contributed by atoms with van der Waals surface area (Å²) in [6, 6.07) is 5.07. The van der Waals surface area contributed by atoms with Gasteiger partial charge >= 0.3 is 6.09 Å². The Hall–Kier alpha value is -1.33. The van der Waals surface area contributed by atoms with Crippen molar-refractivity contribution < 1.29 is 19.0 Å². The Labute approximate surface area is 129 Å². The Morgan fingerprint density at radius 1 is 1.43 bits per heavy atom. The van der Waals surface area contributed by atoms with E-state index in [9.17, 15) is 14.3 Å². The molecule has 0 fully saturated rings. The van der Waals surface area contributed by atoms with Crippen molar-refractivity contribution >= 4 is 17.7 Å². The Kier molecular flexibility index (Phi) is 6.42. The van der Waals surface area contributed by atoms with Gasteiger partial charge < -0.3 is 14.7 Å². The van der Waals surface area contributed by atoms with Crippen LogP contribution in [-0.4, -0.2) is 34.9 Å². The number of halogens is 2. The summed E-state index contributed by atoms with van der Waals surface area (Å²) in [7, 11) is 0. The molecule has 6 heteroatoms. The van der Waals surface area contributed by atoms with Gasteiger partial charge in [0, 0.05) is 11.6 Å². The zero-order valence-electron chi connectivity index (χ0n) is 12.5. The summed E-state index contributed by atoms with van der Waals surface area (Å²) in [6.07, 6.45) is -0.569. The van der Waals surface area contributed by atoms with Crippen LogP contribution in [0.3, 0.4) is 0 Å². The van der Waals surface area contributed by atoms with E-state index in [1.165, 1.54) is 4.90 Å². The standard InChI is InChI=1S/C15H21ClFNO3/c1-15(2,3)21-14(20)18(7-6-17)9-11-4-5-13(16)12(8-11)10-19/h4-5,8,19H,6-7,9-10H2,1-3H3. The minimum Gasteiger partial charge on any atom is -0.444 e. The van der Waals surface area contributed by atoms with Gasteiger partial charge in [-0.2, -0.15) is 0 Å². The van der Waals surface area contributed by atoms with Crippen LogP contribution in [0.5, 0.6) is 0 Å². The normalized spacial score (nSPS) is 11.3. The third-order valence-electron chi connectivity index (χ3n) is 2.66. The first-order chi connectivity index (χ1) is 9.76. The molecule has 0 aliphatic carbocycles. The number of amides is 1. The van der Waals surface area contributed by atoms with Crippen molar-refractivity contribution in [1.29, 1.82) is 0 Å². The smallest absolute Gasteiger partial charge is 0.410 e. The summed E-state index contributed by atoms with van der Waals surface area (Å²) >= 11 is 5.92. The lowest BCUT2D eigenvalue weighted by Crippen LogP contribution is -2.37. The Bertz CT molecular complexity index is 488. The quantitative estimate of drug-likeness (QED) is 0.903. The van der Waals surface area contributed by atoms with Gasteiger partial charge in [-0.15, -0.1) is 0 Å². The van der Waals surface area contributed by atoms with E-state index in [4.69, 9.17) is 16.3 Å². The molecule has 0 spiro atoms. The molecule has 1 rings (SSSR count). The van der Waals surface area contributed by atoms with Crippen LogP contribution in [0, 0.1) is 0 Å². The molecule has 0 atom stereocenters. The van der Waals surface area contributed by atoms with Crippen LogP contribution in [0.25, 0.3) is 0 Å². The van der Waals surface area contributed by atoms with Gasteiger partial charge in [-0.25, -0.2) is 9.18 Å². The second kappa shape index (κ2) is 7.61. The topological polar surface area (TPSA) is 49.8 Å². The fourth-order valence-corrected chi connectivity index (χ4v) is 1.91. The Morgan fingerprint density at radius 2 is 2.10 bits per heavy atom. The molecule has 0 heterocycles. The lowest BCUT2D eigenvalue weighted by molar-refractivity contribution is 0.0222. The molecular formula is C15H21ClFNO3. The van der Waals surface area contributed by atoms with Crippen LogP contribution in [0.15, 0.2) is 18.2 Å². The van der Waals surface area contributed by atoms with Crippen LogP contribution in [-0.2, 0) is 17.9 Å². The van der Waals surface area contributed by atoms with Crippen molar-refractivity contribution in [2.24, 2.45) is 0 Å². The molecule has 0 bridgehead atoms. The molecule has 0 saturated heterocycles. The van der Waals surface area contributed by atoms with Crippen LogP contribution in [0.2, 0.25) is 5.02 Å². The minimum atomic E-state index is -0.653. The number of carbonyl (C=O) groups excluding carboxylic acids is 1. The predicted octanol–water partition coefficient (Wildman–Crippen LogP) is 3.54. The number of hydrogen-bond acceptors (Lipinski definition) is 3. The monoisotopic (exact) mass is 317 g/mol. The Morgan fingerprint density at radius 3 is 2.62 bits per heavy atom. The summed E-state index contributed by atoms with van der Waals surface area (Å²) in [4.78, 5) is 13.3. The molecule has 0 aliphatic rings. The lowest BCUT2D eigenvalue weighted by atomic mass is 10.1. The van der Waals surface area contributed by atoms with E-state index in [1.54, 1.807) is 39.0 Å². The zero-order valence-corrected chi connectivity index (χ0v) is 13.3. The van der Waals surface area contributed by atoms with Crippen molar-refractivity contribution in [1.82, 2.24) is 4.90 Å². The number of aliphatic hydroxyl groups excluding tert-OH is 1.